The van der Waals surface area contributed by atoms with Crippen LogP contribution < -0.4 is 4.84 Å². The van der Waals surface area contributed by atoms with Crippen molar-refractivity contribution >= 4 is 17.8 Å². The minimum Gasteiger partial charge on any atom is -0.492 e. The molecule has 2 aliphatic rings. The number of rotatable bonds is 10. The maximum absolute atomic E-state index is 12.3. The number of unbranched alkanes of at least 4 members (excludes halogenated alkanes) is 2. The zero-order chi connectivity index (χ0) is 22.2. The van der Waals surface area contributed by atoms with Crippen molar-refractivity contribution in [2.24, 2.45) is 11.8 Å². The van der Waals surface area contributed by atoms with Crippen LogP contribution in [0.15, 0.2) is 24.4 Å². The number of nitrogens with zero attached hydrogens (tertiary/aromatic N) is 2. The Morgan fingerprint density at radius 3 is 2.39 bits per heavy atom. The van der Waals surface area contributed by atoms with Gasteiger partial charge in [-0.15, -0.1) is 4.73 Å². The predicted molar refractivity (Wildman–Crippen MR) is 110 cm³/mol. The van der Waals surface area contributed by atoms with Gasteiger partial charge in [0.2, 0.25) is 17.7 Å². The van der Waals surface area contributed by atoms with Crippen LogP contribution >= 0.6 is 0 Å². The molecule has 9 heteroatoms. The average molecular weight is 434 g/mol. The van der Waals surface area contributed by atoms with Gasteiger partial charge >= 0.3 is 11.9 Å². The summed E-state index contributed by atoms with van der Waals surface area (Å²) < 4.78 is 6.06. The van der Waals surface area contributed by atoms with Crippen LogP contribution in [0.2, 0.25) is 0 Å². The average Bonchev–Trinajstić information content (AvgIpc) is 3.30. The lowest BCUT2D eigenvalue weighted by molar-refractivity contribution is -0.150. The number of amides is 1. The molecule has 1 fully saturated rings. The second-order valence-electron chi connectivity index (χ2n) is 8.14. The summed E-state index contributed by atoms with van der Waals surface area (Å²) in [7, 11) is 0. The number of aromatic hydroxyl groups is 2. The molecule has 0 unspecified atom stereocenters. The van der Waals surface area contributed by atoms with Crippen LogP contribution in [0.4, 0.5) is 0 Å². The maximum Gasteiger partial charge on any atom is 0.333 e. The van der Waals surface area contributed by atoms with E-state index in [1.165, 1.54) is 12.1 Å². The quantitative estimate of drug-likeness (QED) is 0.429. The van der Waals surface area contributed by atoms with Gasteiger partial charge in [0.05, 0.1) is 12.5 Å². The molecule has 0 aromatic carbocycles. The molecular formula is C22H30N2O7. The molecule has 0 atom stereocenters. The summed E-state index contributed by atoms with van der Waals surface area (Å²) in [5.74, 6) is -0.920. The fraction of sp³-hybridized carbons (Fsp3) is 0.591. The van der Waals surface area contributed by atoms with Crippen molar-refractivity contribution < 1.29 is 34.2 Å². The second kappa shape index (κ2) is 10.9. The number of ether oxygens (including phenoxy) is 1. The van der Waals surface area contributed by atoms with Gasteiger partial charge in [0.25, 0.3) is 0 Å². The summed E-state index contributed by atoms with van der Waals surface area (Å²) in [5.41, 5.74) is 0. The maximum atomic E-state index is 12.3. The molecule has 1 aromatic heterocycles. The Balaban J connectivity index is 1.23. The number of esters is 1. The van der Waals surface area contributed by atoms with Crippen LogP contribution in [0.25, 0.3) is 0 Å². The van der Waals surface area contributed by atoms with Crippen LogP contribution in [-0.2, 0) is 19.1 Å². The number of aromatic nitrogens is 1. The van der Waals surface area contributed by atoms with Gasteiger partial charge in [0.15, 0.2) is 0 Å². The Hall–Kier alpha value is -2.97. The molecule has 0 saturated heterocycles. The van der Waals surface area contributed by atoms with E-state index >= 15 is 0 Å². The zero-order valence-electron chi connectivity index (χ0n) is 17.6. The molecular weight excluding hydrogens is 404 g/mol. The van der Waals surface area contributed by atoms with Crippen molar-refractivity contribution in [2.45, 2.75) is 57.8 Å². The third kappa shape index (κ3) is 6.50. The Morgan fingerprint density at radius 2 is 1.74 bits per heavy atom. The van der Waals surface area contributed by atoms with E-state index in [0.717, 1.165) is 32.2 Å². The standard InChI is InChI=1S/C22H30N2O7/c25-18-5-4-13-23(18)15-16-7-9-17(10-8-16)22(29)30-14-3-1-2-6-21(28)31-24-19(26)11-12-20(24)27/h4,11-13,16-17,26-27H,1-3,5-10,14-15H2. The molecule has 1 aliphatic carbocycles. The smallest absolute Gasteiger partial charge is 0.333 e. The Bertz CT molecular complexity index is 789. The summed E-state index contributed by atoms with van der Waals surface area (Å²) >= 11 is 0. The number of carbonyl (C=O) groups is 3. The van der Waals surface area contributed by atoms with E-state index in [2.05, 4.69) is 0 Å². The van der Waals surface area contributed by atoms with E-state index < -0.39 is 5.97 Å². The molecule has 2 N–H and O–H groups in total. The minimum absolute atomic E-state index is 0.0713. The third-order valence-electron chi connectivity index (χ3n) is 5.79. The summed E-state index contributed by atoms with van der Waals surface area (Å²) in [4.78, 5) is 42.3. The highest BCUT2D eigenvalue weighted by Crippen LogP contribution is 2.31. The molecule has 0 bridgehead atoms. The van der Waals surface area contributed by atoms with Gasteiger partial charge in [-0.2, -0.15) is 0 Å². The van der Waals surface area contributed by atoms with Gasteiger partial charge in [-0.1, -0.05) is 6.08 Å². The first-order valence-electron chi connectivity index (χ1n) is 10.9. The zero-order valence-corrected chi connectivity index (χ0v) is 17.6. The molecule has 0 radical (unpaired) electrons. The van der Waals surface area contributed by atoms with Crippen LogP contribution in [0.1, 0.15) is 57.8 Å². The highest BCUT2D eigenvalue weighted by atomic mass is 16.7. The Labute approximate surface area is 181 Å². The molecule has 9 nitrogen and oxygen atoms in total. The van der Waals surface area contributed by atoms with E-state index in [9.17, 15) is 24.6 Å². The second-order valence-corrected chi connectivity index (χ2v) is 8.14. The molecule has 2 heterocycles. The van der Waals surface area contributed by atoms with Gasteiger partial charge in [-0.25, -0.2) is 4.79 Å². The Kier molecular flexibility index (Phi) is 7.97. The van der Waals surface area contributed by atoms with Gasteiger partial charge in [0, 0.05) is 37.7 Å². The first-order valence-corrected chi connectivity index (χ1v) is 10.9. The first-order chi connectivity index (χ1) is 14.9. The molecule has 1 aliphatic heterocycles. The fourth-order valence-electron chi connectivity index (χ4n) is 3.98. The van der Waals surface area contributed by atoms with Crippen LogP contribution in [0.3, 0.4) is 0 Å². The summed E-state index contributed by atoms with van der Waals surface area (Å²) in [5, 5.41) is 18.9. The number of carbonyl (C=O) groups excluding carboxylic acids is 3. The molecule has 0 spiro atoms. The van der Waals surface area contributed by atoms with Crippen molar-refractivity contribution in [2.75, 3.05) is 13.2 Å². The van der Waals surface area contributed by atoms with E-state index in [1.54, 1.807) is 4.90 Å². The van der Waals surface area contributed by atoms with Crippen molar-refractivity contribution in [3.05, 3.63) is 24.4 Å². The van der Waals surface area contributed by atoms with E-state index in [0.29, 0.717) is 42.9 Å². The SMILES string of the molecule is O=C(CCCCCOC(=O)C1CCC(CN2C=CCC2=O)CC1)On1c(O)ccc1O. The molecule has 31 heavy (non-hydrogen) atoms. The largest absolute Gasteiger partial charge is 0.492 e. The molecule has 1 amide bonds. The van der Waals surface area contributed by atoms with Crippen molar-refractivity contribution in [3.8, 4) is 11.8 Å². The number of hydrogen-bond acceptors (Lipinski definition) is 7. The Morgan fingerprint density at radius 1 is 1.03 bits per heavy atom. The van der Waals surface area contributed by atoms with Crippen molar-refractivity contribution in [3.63, 3.8) is 0 Å². The van der Waals surface area contributed by atoms with E-state index in [4.69, 9.17) is 9.57 Å². The lowest BCUT2D eigenvalue weighted by atomic mass is 9.82. The third-order valence-corrected chi connectivity index (χ3v) is 5.79. The fourth-order valence-corrected chi connectivity index (χ4v) is 3.98. The van der Waals surface area contributed by atoms with Crippen molar-refractivity contribution in [1.82, 2.24) is 9.63 Å². The summed E-state index contributed by atoms with van der Waals surface area (Å²) in [6, 6.07) is 2.44. The van der Waals surface area contributed by atoms with Gasteiger partial charge in [-0.3, -0.25) is 9.59 Å². The van der Waals surface area contributed by atoms with Crippen LogP contribution in [0.5, 0.6) is 11.8 Å². The van der Waals surface area contributed by atoms with Crippen molar-refractivity contribution in [1.29, 1.82) is 0 Å². The summed E-state index contributed by atoms with van der Waals surface area (Å²) in [6.45, 7) is 1.06. The first kappa shape index (κ1) is 22.7. The van der Waals surface area contributed by atoms with Gasteiger partial charge in [-0.05, 0) is 50.9 Å². The van der Waals surface area contributed by atoms with Gasteiger partial charge in [0.1, 0.15) is 0 Å². The predicted octanol–water partition coefficient (Wildman–Crippen LogP) is 2.51. The molecule has 1 saturated carbocycles. The highest BCUT2D eigenvalue weighted by Gasteiger charge is 2.29. The van der Waals surface area contributed by atoms with Crippen LogP contribution in [0, 0.1) is 11.8 Å². The van der Waals surface area contributed by atoms with E-state index in [1.807, 2.05) is 12.3 Å². The normalized spacial score (nSPS) is 20.8. The molecule has 1 aromatic rings. The summed E-state index contributed by atoms with van der Waals surface area (Å²) in [6.07, 6.45) is 9.68. The van der Waals surface area contributed by atoms with Crippen LogP contribution in [-0.4, -0.2) is 50.8 Å². The minimum atomic E-state index is -0.568. The lowest BCUT2D eigenvalue weighted by Gasteiger charge is -2.29. The highest BCUT2D eigenvalue weighted by molar-refractivity contribution is 5.81. The topological polar surface area (TPSA) is 118 Å². The monoisotopic (exact) mass is 434 g/mol. The lowest BCUT2D eigenvalue weighted by Crippen LogP contribution is -2.31. The molecule has 170 valence electrons. The van der Waals surface area contributed by atoms with Gasteiger partial charge < -0.3 is 24.7 Å². The number of hydrogen-bond donors (Lipinski definition) is 2. The molecule has 3 rings (SSSR count). The van der Waals surface area contributed by atoms with E-state index in [-0.39, 0.29) is 36.0 Å².